The van der Waals surface area contributed by atoms with Gasteiger partial charge in [0, 0.05) is 31.7 Å². The number of hydrogen-bond donors (Lipinski definition) is 0. The number of halogens is 6. The van der Waals surface area contributed by atoms with Gasteiger partial charge in [0.1, 0.15) is 17.5 Å². The van der Waals surface area contributed by atoms with Crippen molar-refractivity contribution in [3.8, 4) is 0 Å². The van der Waals surface area contributed by atoms with Crippen LogP contribution in [-0.4, -0.2) is 53.8 Å². The Bertz CT molecular complexity index is 1210. The first-order chi connectivity index (χ1) is 18.5. The highest BCUT2D eigenvalue weighted by atomic mass is 19.4. The third-order valence-electron chi connectivity index (χ3n) is 6.99. The number of benzene rings is 2. The van der Waals surface area contributed by atoms with Crippen molar-refractivity contribution in [2.75, 3.05) is 26.2 Å². The van der Waals surface area contributed by atoms with E-state index in [0.717, 1.165) is 11.1 Å². The molecule has 1 heterocycles. The molecule has 1 aliphatic heterocycles. The Morgan fingerprint density at radius 2 is 1.48 bits per heavy atom. The van der Waals surface area contributed by atoms with Crippen LogP contribution in [0, 0.1) is 0 Å². The lowest BCUT2D eigenvalue weighted by Crippen LogP contribution is -2.53. The van der Waals surface area contributed by atoms with Gasteiger partial charge in [-0.3, -0.25) is 4.90 Å². The van der Waals surface area contributed by atoms with Gasteiger partial charge in [0.05, 0.1) is 17.2 Å². The fourth-order valence-electron chi connectivity index (χ4n) is 5.14. The second kappa shape index (κ2) is 11.0. The molecule has 2 atom stereocenters. The minimum atomic E-state index is -4.98. The number of rotatable bonds is 4. The molecule has 11 heteroatoms. The Kier molecular flexibility index (Phi) is 8.18. The summed E-state index contributed by atoms with van der Waals surface area (Å²) in [7, 11) is 0. The van der Waals surface area contributed by atoms with Crippen molar-refractivity contribution in [1.29, 1.82) is 0 Å². The van der Waals surface area contributed by atoms with Gasteiger partial charge in [-0.1, -0.05) is 30.8 Å². The molecule has 1 saturated heterocycles. The molecule has 1 fully saturated rings. The van der Waals surface area contributed by atoms with E-state index in [1.807, 2.05) is 24.3 Å². The van der Waals surface area contributed by atoms with E-state index in [1.165, 1.54) is 0 Å². The van der Waals surface area contributed by atoms with Crippen molar-refractivity contribution < 1.29 is 40.6 Å². The highest BCUT2D eigenvalue weighted by Crippen LogP contribution is 2.41. The second-order valence-corrected chi connectivity index (χ2v) is 11.1. The summed E-state index contributed by atoms with van der Waals surface area (Å²) in [5, 5.41) is 0. The van der Waals surface area contributed by atoms with Gasteiger partial charge in [-0.25, -0.2) is 4.79 Å². The maximum atomic E-state index is 13.4. The van der Waals surface area contributed by atoms with Crippen molar-refractivity contribution in [2.45, 2.75) is 63.7 Å². The topological polar surface area (TPSA) is 42.0 Å². The van der Waals surface area contributed by atoms with Gasteiger partial charge < -0.3 is 14.4 Å². The summed E-state index contributed by atoms with van der Waals surface area (Å²) in [6.45, 7) is 10.8. The van der Waals surface area contributed by atoms with Gasteiger partial charge in [0.15, 0.2) is 0 Å². The van der Waals surface area contributed by atoms with Crippen LogP contribution < -0.4 is 0 Å². The SMILES string of the molecule is C=C(O[C@@H]1CCc2ccccc2[C@H]1N1CCN(C(=O)OC(C)(C)C)CC1)c1cc(C(F)(F)F)cc(C(F)(F)F)c1. The smallest absolute Gasteiger partial charge is 0.416 e. The Labute approximate surface area is 229 Å². The molecule has 218 valence electrons. The lowest BCUT2D eigenvalue weighted by atomic mass is 9.84. The molecule has 0 aromatic heterocycles. The number of fused-ring (bicyclic) bond motifs is 1. The maximum Gasteiger partial charge on any atom is 0.416 e. The summed E-state index contributed by atoms with van der Waals surface area (Å²) >= 11 is 0. The third kappa shape index (κ3) is 6.92. The fourth-order valence-corrected chi connectivity index (χ4v) is 5.14. The van der Waals surface area contributed by atoms with Gasteiger partial charge in [-0.2, -0.15) is 26.3 Å². The molecule has 0 spiro atoms. The van der Waals surface area contributed by atoms with Crippen LogP contribution in [0.2, 0.25) is 0 Å². The summed E-state index contributed by atoms with van der Waals surface area (Å²) in [5.41, 5.74) is -1.81. The predicted molar refractivity (Wildman–Crippen MR) is 137 cm³/mol. The Morgan fingerprint density at radius 1 is 0.900 bits per heavy atom. The van der Waals surface area contributed by atoms with Gasteiger partial charge in [0.2, 0.25) is 0 Å². The normalized spacial score (nSPS) is 20.6. The van der Waals surface area contributed by atoms with E-state index >= 15 is 0 Å². The van der Waals surface area contributed by atoms with Crippen LogP contribution in [0.3, 0.4) is 0 Å². The Balaban J connectivity index is 1.58. The van der Waals surface area contributed by atoms with Crippen LogP contribution in [0.25, 0.3) is 5.76 Å². The first-order valence-electron chi connectivity index (χ1n) is 13.0. The number of amides is 1. The number of carbonyl (C=O) groups excluding carboxylic acids is 1. The number of carbonyl (C=O) groups is 1. The minimum Gasteiger partial charge on any atom is -0.488 e. The second-order valence-electron chi connectivity index (χ2n) is 11.1. The van der Waals surface area contributed by atoms with Crippen molar-refractivity contribution >= 4 is 11.9 Å². The molecule has 2 aromatic carbocycles. The molecule has 1 amide bonds. The van der Waals surface area contributed by atoms with Crippen molar-refractivity contribution in [1.82, 2.24) is 9.80 Å². The van der Waals surface area contributed by atoms with E-state index in [9.17, 15) is 31.1 Å². The zero-order valence-corrected chi connectivity index (χ0v) is 22.5. The molecular formula is C29H32F6N2O3. The number of ether oxygens (including phenoxy) is 2. The zero-order chi connectivity index (χ0) is 29.5. The number of aryl methyl sites for hydroxylation is 1. The average Bonchev–Trinajstić information content (AvgIpc) is 2.86. The summed E-state index contributed by atoms with van der Waals surface area (Å²) in [5.74, 6) is -0.265. The quantitative estimate of drug-likeness (QED) is 0.285. The summed E-state index contributed by atoms with van der Waals surface area (Å²) in [6.07, 6.45) is -9.84. The van der Waals surface area contributed by atoms with Crippen LogP contribution in [0.15, 0.2) is 49.0 Å². The van der Waals surface area contributed by atoms with Crippen LogP contribution in [0.5, 0.6) is 0 Å². The average molecular weight is 571 g/mol. The first-order valence-corrected chi connectivity index (χ1v) is 13.0. The first kappa shape index (κ1) is 29.8. The molecule has 5 nitrogen and oxygen atoms in total. The Hall–Kier alpha value is -3.21. The molecule has 0 radical (unpaired) electrons. The van der Waals surface area contributed by atoms with Gasteiger partial charge in [-0.05, 0) is 62.9 Å². The summed E-state index contributed by atoms with van der Waals surface area (Å²) in [6, 6.07) is 8.74. The molecule has 2 aromatic rings. The van der Waals surface area contributed by atoms with Gasteiger partial charge in [-0.15, -0.1) is 0 Å². The molecule has 40 heavy (non-hydrogen) atoms. The van der Waals surface area contributed by atoms with E-state index in [0.29, 0.717) is 51.2 Å². The number of piperazine rings is 1. The lowest BCUT2D eigenvalue weighted by molar-refractivity contribution is -0.143. The molecule has 1 aliphatic carbocycles. The van der Waals surface area contributed by atoms with E-state index < -0.39 is 41.3 Å². The van der Waals surface area contributed by atoms with Crippen molar-refractivity contribution in [2.24, 2.45) is 0 Å². The van der Waals surface area contributed by atoms with Crippen LogP contribution in [-0.2, 0) is 28.2 Å². The van der Waals surface area contributed by atoms with E-state index in [-0.39, 0.29) is 23.4 Å². The van der Waals surface area contributed by atoms with Crippen LogP contribution in [0.4, 0.5) is 31.1 Å². The van der Waals surface area contributed by atoms with Crippen molar-refractivity contribution in [3.63, 3.8) is 0 Å². The standard InChI is InChI=1S/C29H32F6N2O3/c1-18(20-15-21(28(30,31)32)17-22(16-20)29(33,34)35)39-24-10-9-19-7-5-6-8-23(19)25(24)36-11-13-37(14-12-36)26(38)40-27(2,3)4/h5-8,15-17,24-25H,1,9-14H2,2-4H3/t24-,25-/m1/s1. The molecule has 0 N–H and O–H groups in total. The summed E-state index contributed by atoms with van der Waals surface area (Å²) < 4.78 is 92.1. The molecular weight excluding hydrogens is 538 g/mol. The predicted octanol–water partition coefficient (Wildman–Crippen LogP) is 7.32. The largest absolute Gasteiger partial charge is 0.488 e. The third-order valence-corrected chi connectivity index (χ3v) is 6.99. The fraction of sp³-hybridized carbons (Fsp3) is 0.483. The highest BCUT2D eigenvalue weighted by Gasteiger charge is 2.40. The zero-order valence-electron chi connectivity index (χ0n) is 22.5. The lowest BCUT2D eigenvalue weighted by Gasteiger charge is -2.44. The molecule has 0 unspecified atom stereocenters. The van der Waals surface area contributed by atoms with Gasteiger partial charge in [0.25, 0.3) is 0 Å². The van der Waals surface area contributed by atoms with E-state index in [2.05, 4.69) is 11.5 Å². The Morgan fingerprint density at radius 3 is 2.02 bits per heavy atom. The van der Waals surface area contributed by atoms with Crippen LogP contribution >= 0.6 is 0 Å². The summed E-state index contributed by atoms with van der Waals surface area (Å²) in [4.78, 5) is 16.3. The molecule has 4 rings (SSSR count). The number of hydrogen-bond acceptors (Lipinski definition) is 4. The van der Waals surface area contributed by atoms with Crippen LogP contribution in [0.1, 0.15) is 61.1 Å². The molecule has 0 bridgehead atoms. The molecule has 2 aliphatic rings. The van der Waals surface area contributed by atoms with Gasteiger partial charge >= 0.3 is 18.4 Å². The highest BCUT2D eigenvalue weighted by molar-refractivity contribution is 5.68. The molecule has 0 saturated carbocycles. The number of alkyl halides is 6. The van der Waals surface area contributed by atoms with E-state index in [1.54, 1.807) is 25.7 Å². The van der Waals surface area contributed by atoms with E-state index in [4.69, 9.17) is 9.47 Å². The van der Waals surface area contributed by atoms with Crippen molar-refractivity contribution in [3.05, 3.63) is 76.9 Å². The maximum absolute atomic E-state index is 13.4. The monoisotopic (exact) mass is 570 g/mol. The number of nitrogens with zero attached hydrogens (tertiary/aromatic N) is 2. The minimum absolute atomic E-state index is 0.0839.